The summed E-state index contributed by atoms with van der Waals surface area (Å²) in [5.41, 5.74) is 6.64. The fourth-order valence-electron chi connectivity index (χ4n) is 1.46. The van der Waals surface area contributed by atoms with E-state index in [1.807, 2.05) is 0 Å². The fraction of sp³-hybridized carbons (Fsp3) is 0.417. The van der Waals surface area contributed by atoms with E-state index in [1.165, 1.54) is 12.1 Å². The number of rotatable bonds is 4. The summed E-state index contributed by atoms with van der Waals surface area (Å²) in [7, 11) is 0. The zero-order valence-electron chi connectivity index (χ0n) is 9.59. The van der Waals surface area contributed by atoms with E-state index < -0.39 is 0 Å². The first-order valence-corrected chi connectivity index (χ1v) is 5.31. The third-order valence-electron chi connectivity index (χ3n) is 2.36. The van der Waals surface area contributed by atoms with Gasteiger partial charge in [0.25, 0.3) is 0 Å². The second-order valence-corrected chi connectivity index (χ2v) is 3.98. The fourth-order valence-corrected chi connectivity index (χ4v) is 1.46. The lowest BCUT2D eigenvalue weighted by molar-refractivity contribution is -0.119. The Bertz CT molecular complexity index is 359. The molecular weight excluding hydrogens is 207 g/mol. The van der Waals surface area contributed by atoms with Gasteiger partial charge < -0.3 is 11.1 Å². The molecular formula is C12H17FN2O. The summed E-state index contributed by atoms with van der Waals surface area (Å²) in [6.07, 6.45) is 0.625. The van der Waals surface area contributed by atoms with Crippen molar-refractivity contribution < 1.29 is 9.18 Å². The van der Waals surface area contributed by atoms with Crippen molar-refractivity contribution in [2.45, 2.75) is 20.3 Å². The number of benzene rings is 1. The number of hydrogen-bond acceptors (Lipinski definition) is 2. The number of nitrogens with one attached hydrogen (secondary N) is 1. The number of anilines is 1. The molecule has 1 rings (SSSR count). The van der Waals surface area contributed by atoms with E-state index in [4.69, 9.17) is 5.73 Å². The lowest BCUT2D eigenvalue weighted by atomic mass is 10.1. The normalized spacial score (nSPS) is 12.2. The van der Waals surface area contributed by atoms with Crippen LogP contribution in [-0.4, -0.2) is 12.5 Å². The van der Waals surface area contributed by atoms with Gasteiger partial charge in [0.2, 0.25) is 5.91 Å². The maximum absolute atomic E-state index is 13.1. The minimum absolute atomic E-state index is 0.129. The second-order valence-electron chi connectivity index (χ2n) is 3.98. The van der Waals surface area contributed by atoms with Crippen LogP contribution in [0, 0.1) is 18.7 Å². The Morgan fingerprint density at radius 2 is 2.19 bits per heavy atom. The highest BCUT2D eigenvalue weighted by Crippen LogP contribution is 2.14. The first kappa shape index (κ1) is 12.6. The maximum Gasteiger partial charge on any atom is 0.227 e. The topological polar surface area (TPSA) is 55.1 Å². The van der Waals surface area contributed by atoms with Crippen molar-refractivity contribution in [3.63, 3.8) is 0 Å². The highest BCUT2D eigenvalue weighted by atomic mass is 19.1. The van der Waals surface area contributed by atoms with Gasteiger partial charge in [-0.15, -0.1) is 0 Å². The van der Waals surface area contributed by atoms with Crippen LogP contribution in [0.4, 0.5) is 10.1 Å². The van der Waals surface area contributed by atoms with Gasteiger partial charge in [0.1, 0.15) is 5.82 Å². The average Bonchev–Trinajstić information content (AvgIpc) is 2.16. The van der Waals surface area contributed by atoms with Crippen LogP contribution in [0.15, 0.2) is 18.2 Å². The summed E-state index contributed by atoms with van der Waals surface area (Å²) in [5.74, 6) is -0.634. The van der Waals surface area contributed by atoms with Crippen LogP contribution in [0.5, 0.6) is 0 Å². The molecule has 0 aliphatic rings. The molecule has 0 spiro atoms. The van der Waals surface area contributed by atoms with Gasteiger partial charge in [-0.2, -0.15) is 0 Å². The standard InChI is InChI=1S/C12H17FN2O/c1-8-5-10(13)7-11(6-8)15-12(16)9(2)3-4-14/h5-7,9H,3-4,14H2,1-2H3,(H,15,16). The third-order valence-corrected chi connectivity index (χ3v) is 2.36. The molecule has 0 bridgehead atoms. The minimum atomic E-state index is -0.346. The van der Waals surface area contributed by atoms with Crippen molar-refractivity contribution in [1.29, 1.82) is 0 Å². The van der Waals surface area contributed by atoms with E-state index in [0.29, 0.717) is 18.7 Å². The quantitative estimate of drug-likeness (QED) is 0.822. The zero-order valence-corrected chi connectivity index (χ0v) is 9.59. The molecule has 1 atom stereocenters. The van der Waals surface area contributed by atoms with Gasteiger partial charge in [-0.25, -0.2) is 4.39 Å². The summed E-state index contributed by atoms with van der Waals surface area (Å²) in [6, 6.07) is 4.45. The molecule has 0 aliphatic heterocycles. The molecule has 1 aromatic carbocycles. The smallest absolute Gasteiger partial charge is 0.227 e. The monoisotopic (exact) mass is 224 g/mol. The van der Waals surface area contributed by atoms with Crippen LogP contribution in [0.2, 0.25) is 0 Å². The van der Waals surface area contributed by atoms with Gasteiger partial charge in [0.05, 0.1) is 0 Å². The first-order valence-electron chi connectivity index (χ1n) is 5.31. The van der Waals surface area contributed by atoms with E-state index in [2.05, 4.69) is 5.32 Å². The molecule has 0 heterocycles. The van der Waals surface area contributed by atoms with Gasteiger partial charge in [0, 0.05) is 11.6 Å². The predicted octanol–water partition coefficient (Wildman–Crippen LogP) is 2.06. The molecule has 0 fully saturated rings. The third kappa shape index (κ3) is 3.62. The predicted molar refractivity (Wildman–Crippen MR) is 62.6 cm³/mol. The molecule has 16 heavy (non-hydrogen) atoms. The first-order chi connectivity index (χ1) is 7.52. The molecule has 0 saturated heterocycles. The van der Waals surface area contributed by atoms with Crippen LogP contribution >= 0.6 is 0 Å². The summed E-state index contributed by atoms with van der Waals surface area (Å²) in [4.78, 5) is 11.6. The highest BCUT2D eigenvalue weighted by Gasteiger charge is 2.12. The van der Waals surface area contributed by atoms with Crippen molar-refractivity contribution >= 4 is 11.6 Å². The van der Waals surface area contributed by atoms with E-state index >= 15 is 0 Å². The Labute approximate surface area is 94.8 Å². The van der Waals surface area contributed by atoms with Crippen molar-refractivity contribution in [3.8, 4) is 0 Å². The molecule has 0 aromatic heterocycles. The van der Waals surface area contributed by atoms with Crippen LogP contribution in [0.3, 0.4) is 0 Å². The van der Waals surface area contributed by atoms with Gasteiger partial charge in [-0.3, -0.25) is 4.79 Å². The van der Waals surface area contributed by atoms with Crippen molar-refractivity contribution in [1.82, 2.24) is 0 Å². The zero-order chi connectivity index (χ0) is 12.1. The average molecular weight is 224 g/mol. The number of carbonyl (C=O) groups excluding carboxylic acids is 1. The molecule has 3 N–H and O–H groups in total. The summed E-state index contributed by atoms with van der Waals surface area (Å²) < 4.78 is 13.1. The maximum atomic E-state index is 13.1. The van der Waals surface area contributed by atoms with Crippen molar-refractivity contribution in [2.75, 3.05) is 11.9 Å². The molecule has 1 unspecified atom stereocenters. The SMILES string of the molecule is Cc1cc(F)cc(NC(=O)C(C)CCN)c1. The van der Waals surface area contributed by atoms with Crippen LogP contribution in [0.1, 0.15) is 18.9 Å². The Balaban J connectivity index is 2.69. The number of nitrogens with two attached hydrogens (primary N) is 1. The molecule has 88 valence electrons. The van der Waals surface area contributed by atoms with Gasteiger partial charge >= 0.3 is 0 Å². The van der Waals surface area contributed by atoms with E-state index in [-0.39, 0.29) is 17.6 Å². The Morgan fingerprint density at radius 1 is 1.50 bits per heavy atom. The Hall–Kier alpha value is -1.42. The van der Waals surface area contributed by atoms with Crippen molar-refractivity contribution in [3.05, 3.63) is 29.6 Å². The van der Waals surface area contributed by atoms with Crippen molar-refractivity contribution in [2.24, 2.45) is 11.7 Å². The van der Waals surface area contributed by atoms with E-state index in [1.54, 1.807) is 19.9 Å². The van der Waals surface area contributed by atoms with Crippen LogP contribution in [-0.2, 0) is 4.79 Å². The second kappa shape index (κ2) is 5.61. The summed E-state index contributed by atoms with van der Waals surface area (Å²) in [5, 5.41) is 2.67. The molecule has 1 amide bonds. The lowest BCUT2D eigenvalue weighted by Gasteiger charge is -2.11. The highest BCUT2D eigenvalue weighted by molar-refractivity contribution is 5.92. The molecule has 0 radical (unpaired) electrons. The Morgan fingerprint density at radius 3 is 2.75 bits per heavy atom. The van der Waals surface area contributed by atoms with Crippen LogP contribution in [0.25, 0.3) is 0 Å². The number of hydrogen-bond donors (Lipinski definition) is 2. The number of carbonyl (C=O) groups is 1. The van der Waals surface area contributed by atoms with Gasteiger partial charge in [-0.05, 0) is 43.7 Å². The molecule has 3 nitrogen and oxygen atoms in total. The van der Waals surface area contributed by atoms with E-state index in [9.17, 15) is 9.18 Å². The Kier molecular flexibility index (Phi) is 4.43. The minimum Gasteiger partial charge on any atom is -0.330 e. The molecule has 0 saturated carbocycles. The molecule has 0 aliphatic carbocycles. The van der Waals surface area contributed by atoms with Gasteiger partial charge in [0.15, 0.2) is 0 Å². The van der Waals surface area contributed by atoms with Gasteiger partial charge in [-0.1, -0.05) is 6.92 Å². The molecule has 4 heteroatoms. The number of halogens is 1. The van der Waals surface area contributed by atoms with Crippen LogP contribution < -0.4 is 11.1 Å². The van der Waals surface area contributed by atoms with E-state index in [0.717, 1.165) is 5.56 Å². The number of amides is 1. The summed E-state index contributed by atoms with van der Waals surface area (Å²) >= 11 is 0. The lowest BCUT2D eigenvalue weighted by Crippen LogP contribution is -2.22. The summed E-state index contributed by atoms with van der Waals surface area (Å²) in [6.45, 7) is 4.05. The molecule has 1 aromatic rings. The largest absolute Gasteiger partial charge is 0.330 e. The number of aryl methyl sites for hydroxylation is 1.